The van der Waals surface area contributed by atoms with Gasteiger partial charge in [0.25, 0.3) is 0 Å². The molecule has 3 aliphatic rings. The van der Waals surface area contributed by atoms with E-state index in [2.05, 4.69) is 10.6 Å². The van der Waals surface area contributed by atoms with Crippen LogP contribution in [0.3, 0.4) is 0 Å². The van der Waals surface area contributed by atoms with E-state index in [1.807, 2.05) is 0 Å². The van der Waals surface area contributed by atoms with Crippen molar-refractivity contribution in [3.05, 3.63) is 0 Å². The zero-order valence-electron chi connectivity index (χ0n) is 23.1. The standard InChI is InChI=1S/C24H49N7O10/c25-4-1-5-30-12-3-2-10(7-26)38-23(12)40-20-11(28)6-13(31-22(37)14(33)8-27)21(19(20)36)41-24-18(35)16(29)17(34)15(9-32)39-24/h10-21,23-24,30,32-36H,1-9,25-29H2,(H,31,37)/t10-,11-,12+,13+,14-,15+,16-,17+,18+,19-,20?,21-,23+,24+/m0/s1. The van der Waals surface area contributed by atoms with Crippen LogP contribution in [0.1, 0.15) is 25.7 Å². The maximum absolute atomic E-state index is 12.5. The van der Waals surface area contributed by atoms with E-state index >= 15 is 0 Å². The van der Waals surface area contributed by atoms with Crippen LogP contribution in [0.4, 0.5) is 0 Å². The molecule has 3 rings (SSSR count). The number of carbonyl (C=O) groups is 1. The van der Waals surface area contributed by atoms with E-state index in [-0.39, 0.29) is 31.7 Å². The summed E-state index contributed by atoms with van der Waals surface area (Å²) in [4.78, 5) is 12.5. The number of aliphatic hydroxyl groups is 5. The molecule has 0 aromatic heterocycles. The van der Waals surface area contributed by atoms with Gasteiger partial charge in [-0.1, -0.05) is 0 Å². The third-order valence-electron chi connectivity index (χ3n) is 7.90. The Morgan fingerprint density at radius 1 is 0.951 bits per heavy atom. The molecule has 2 aliphatic heterocycles. The number of ether oxygens (including phenoxy) is 4. The van der Waals surface area contributed by atoms with Crippen LogP contribution in [0.5, 0.6) is 0 Å². The summed E-state index contributed by atoms with van der Waals surface area (Å²) in [6.45, 7) is 0.428. The third kappa shape index (κ3) is 8.49. The van der Waals surface area contributed by atoms with Crippen LogP contribution in [-0.4, -0.2) is 150 Å². The quantitative estimate of drug-likeness (QED) is 0.0880. The van der Waals surface area contributed by atoms with Gasteiger partial charge < -0.3 is 83.8 Å². The predicted octanol–water partition coefficient (Wildman–Crippen LogP) is -6.81. The summed E-state index contributed by atoms with van der Waals surface area (Å²) < 4.78 is 23.8. The molecule has 0 radical (unpaired) electrons. The number of nitrogens with one attached hydrogen (secondary N) is 2. The second-order valence-corrected chi connectivity index (χ2v) is 10.9. The van der Waals surface area contributed by atoms with Crippen molar-refractivity contribution in [1.82, 2.24) is 10.6 Å². The first-order valence-electron chi connectivity index (χ1n) is 14.2. The summed E-state index contributed by atoms with van der Waals surface area (Å²) in [6, 6.07) is -3.29. The molecule has 17 heteroatoms. The second kappa shape index (κ2) is 16.1. The highest BCUT2D eigenvalue weighted by Gasteiger charge is 2.51. The Hall–Kier alpha value is -1.13. The zero-order valence-corrected chi connectivity index (χ0v) is 23.1. The normalized spacial score (nSPS) is 42.5. The third-order valence-corrected chi connectivity index (χ3v) is 7.90. The summed E-state index contributed by atoms with van der Waals surface area (Å²) in [5.74, 6) is -0.819. The predicted molar refractivity (Wildman–Crippen MR) is 143 cm³/mol. The minimum absolute atomic E-state index is 0.0225. The number of amides is 1. The smallest absolute Gasteiger partial charge is 0.250 e. The number of aliphatic hydroxyl groups excluding tert-OH is 5. The van der Waals surface area contributed by atoms with Crippen LogP contribution < -0.4 is 39.3 Å². The monoisotopic (exact) mass is 595 g/mol. The first kappa shape index (κ1) is 34.4. The van der Waals surface area contributed by atoms with Gasteiger partial charge in [0.15, 0.2) is 12.6 Å². The highest BCUT2D eigenvalue weighted by molar-refractivity contribution is 5.81. The Labute approximate surface area is 239 Å². The van der Waals surface area contributed by atoms with Crippen LogP contribution in [-0.2, 0) is 23.7 Å². The van der Waals surface area contributed by atoms with Crippen molar-refractivity contribution in [3.8, 4) is 0 Å². The van der Waals surface area contributed by atoms with Gasteiger partial charge in [-0.2, -0.15) is 0 Å². The lowest BCUT2D eigenvalue weighted by atomic mass is 9.83. The van der Waals surface area contributed by atoms with Crippen molar-refractivity contribution >= 4 is 5.91 Å². The molecule has 0 bridgehead atoms. The minimum atomic E-state index is -1.55. The number of hydrogen-bond donors (Lipinski definition) is 12. The first-order valence-corrected chi connectivity index (χ1v) is 14.2. The Morgan fingerprint density at radius 3 is 2.29 bits per heavy atom. The van der Waals surface area contributed by atoms with E-state index < -0.39 is 85.9 Å². The molecule has 1 saturated carbocycles. The molecule has 2 heterocycles. The molecule has 17 nitrogen and oxygen atoms in total. The van der Waals surface area contributed by atoms with Crippen LogP contribution >= 0.6 is 0 Å². The summed E-state index contributed by atoms with van der Waals surface area (Å²) in [7, 11) is 0. The van der Waals surface area contributed by atoms with E-state index in [1.54, 1.807) is 0 Å². The fraction of sp³-hybridized carbons (Fsp3) is 0.958. The van der Waals surface area contributed by atoms with Gasteiger partial charge >= 0.3 is 0 Å². The van der Waals surface area contributed by atoms with Crippen LogP contribution in [0.2, 0.25) is 0 Å². The number of carbonyl (C=O) groups excluding carboxylic acids is 1. The number of nitrogens with two attached hydrogens (primary N) is 5. The van der Waals surface area contributed by atoms with Gasteiger partial charge in [-0.15, -0.1) is 0 Å². The molecule has 17 N–H and O–H groups in total. The molecule has 3 fully saturated rings. The Morgan fingerprint density at radius 2 is 1.66 bits per heavy atom. The molecule has 0 aromatic rings. The zero-order chi connectivity index (χ0) is 30.3. The Kier molecular flexibility index (Phi) is 13.5. The molecule has 240 valence electrons. The molecule has 1 aliphatic carbocycles. The van der Waals surface area contributed by atoms with Gasteiger partial charge in [0.05, 0.1) is 30.8 Å². The molecule has 1 amide bonds. The molecular weight excluding hydrogens is 546 g/mol. The van der Waals surface area contributed by atoms with Gasteiger partial charge in [0.2, 0.25) is 5.91 Å². The van der Waals surface area contributed by atoms with Gasteiger partial charge in [0.1, 0.15) is 42.7 Å². The summed E-state index contributed by atoms with van der Waals surface area (Å²) in [5, 5.41) is 57.9. The minimum Gasteiger partial charge on any atom is -0.394 e. The van der Waals surface area contributed by atoms with Crippen LogP contribution in [0.25, 0.3) is 0 Å². The molecule has 1 unspecified atom stereocenters. The lowest BCUT2D eigenvalue weighted by molar-refractivity contribution is -0.314. The molecule has 2 saturated heterocycles. The molecule has 0 aromatic carbocycles. The van der Waals surface area contributed by atoms with Gasteiger partial charge in [-0.25, -0.2) is 0 Å². The number of rotatable bonds is 13. The van der Waals surface area contributed by atoms with E-state index in [9.17, 15) is 30.3 Å². The van der Waals surface area contributed by atoms with Crippen molar-refractivity contribution in [3.63, 3.8) is 0 Å². The second-order valence-electron chi connectivity index (χ2n) is 10.9. The SMILES string of the molecule is NCCCN[C@@H]1CC[C@@H](CN)O[C@@H]1OC1[C@@H](N)C[C@@H](NC(=O)[C@@H](O)CN)[C@H](O[C@H]2O[C@H](CO)[C@@H](O)[C@H](N)[C@H]2O)[C@H]1O. The van der Waals surface area contributed by atoms with E-state index in [0.29, 0.717) is 25.9 Å². The Balaban J connectivity index is 1.83. The van der Waals surface area contributed by atoms with E-state index in [0.717, 1.165) is 6.42 Å². The number of hydrogen-bond acceptors (Lipinski definition) is 16. The molecule has 0 spiro atoms. The summed E-state index contributed by atoms with van der Waals surface area (Å²) in [5.41, 5.74) is 29.2. The topological polar surface area (TPSA) is 309 Å². The largest absolute Gasteiger partial charge is 0.394 e. The maximum Gasteiger partial charge on any atom is 0.250 e. The van der Waals surface area contributed by atoms with Gasteiger partial charge in [0, 0.05) is 19.1 Å². The van der Waals surface area contributed by atoms with E-state index in [4.69, 9.17) is 47.6 Å². The lowest BCUT2D eigenvalue weighted by Crippen LogP contribution is -2.69. The Bertz CT molecular complexity index is 802. The summed E-state index contributed by atoms with van der Waals surface area (Å²) >= 11 is 0. The van der Waals surface area contributed by atoms with Crippen molar-refractivity contribution in [1.29, 1.82) is 0 Å². The molecular formula is C24H49N7O10. The van der Waals surface area contributed by atoms with Gasteiger partial charge in [-0.05, 0) is 38.8 Å². The van der Waals surface area contributed by atoms with Crippen molar-refractivity contribution < 1.29 is 49.3 Å². The average molecular weight is 596 g/mol. The lowest BCUT2D eigenvalue weighted by Gasteiger charge is -2.48. The van der Waals surface area contributed by atoms with Crippen LogP contribution in [0, 0.1) is 0 Å². The van der Waals surface area contributed by atoms with E-state index in [1.165, 1.54) is 0 Å². The van der Waals surface area contributed by atoms with Crippen molar-refractivity contribution in [2.45, 2.75) is 111 Å². The molecule has 41 heavy (non-hydrogen) atoms. The van der Waals surface area contributed by atoms with Crippen LogP contribution in [0.15, 0.2) is 0 Å². The fourth-order valence-electron chi connectivity index (χ4n) is 5.40. The average Bonchev–Trinajstić information content (AvgIpc) is 2.97. The highest BCUT2D eigenvalue weighted by atomic mass is 16.7. The summed E-state index contributed by atoms with van der Waals surface area (Å²) in [6.07, 6.45) is -9.96. The molecule has 14 atom stereocenters. The fourth-order valence-corrected chi connectivity index (χ4v) is 5.40. The highest BCUT2D eigenvalue weighted by Crippen LogP contribution is 2.31. The van der Waals surface area contributed by atoms with Gasteiger partial charge in [-0.3, -0.25) is 4.79 Å². The van der Waals surface area contributed by atoms with Crippen molar-refractivity contribution in [2.75, 3.05) is 32.8 Å². The van der Waals surface area contributed by atoms with Crippen molar-refractivity contribution in [2.24, 2.45) is 28.7 Å². The first-order chi connectivity index (χ1) is 19.6. The maximum atomic E-state index is 12.5.